The molecule has 3 rings (SSSR count). The molecule has 1 aromatic heterocycles. The lowest BCUT2D eigenvalue weighted by atomic mass is 10.0. The molecule has 0 unspecified atom stereocenters. The standard InChI is InChI=1S/C23H27N3O/c1-17(19-8-6-5-7-9-19)24-15-18-10-12-22(27-4)21(14-18)20-11-13-23(25-16-20)26(2)3/h5-14,16-17,24H,15H2,1-4H3/t17-/m1/s1. The van der Waals surface area contributed by atoms with Crippen LogP contribution in [0, 0.1) is 0 Å². The highest BCUT2D eigenvalue weighted by molar-refractivity contribution is 5.71. The van der Waals surface area contributed by atoms with Crippen LogP contribution in [0.1, 0.15) is 24.1 Å². The molecular formula is C23H27N3O. The van der Waals surface area contributed by atoms with Crippen LogP contribution < -0.4 is 15.0 Å². The van der Waals surface area contributed by atoms with E-state index in [-0.39, 0.29) is 6.04 Å². The Labute approximate surface area is 161 Å². The minimum absolute atomic E-state index is 0.290. The molecule has 0 aliphatic heterocycles. The third-order valence-electron chi connectivity index (χ3n) is 4.69. The van der Waals surface area contributed by atoms with Crippen molar-refractivity contribution < 1.29 is 4.74 Å². The molecular weight excluding hydrogens is 334 g/mol. The van der Waals surface area contributed by atoms with Crippen LogP contribution in [0.2, 0.25) is 0 Å². The van der Waals surface area contributed by atoms with Gasteiger partial charge in [-0.3, -0.25) is 0 Å². The van der Waals surface area contributed by atoms with Crippen LogP contribution in [0.25, 0.3) is 11.1 Å². The van der Waals surface area contributed by atoms with Crippen LogP contribution >= 0.6 is 0 Å². The summed E-state index contributed by atoms with van der Waals surface area (Å²) >= 11 is 0. The van der Waals surface area contributed by atoms with E-state index in [1.54, 1.807) is 7.11 Å². The predicted molar refractivity (Wildman–Crippen MR) is 112 cm³/mol. The van der Waals surface area contributed by atoms with E-state index in [4.69, 9.17) is 4.74 Å². The first kappa shape index (κ1) is 18.9. The van der Waals surface area contributed by atoms with Crippen molar-refractivity contribution in [1.29, 1.82) is 0 Å². The molecule has 2 aromatic carbocycles. The number of nitrogens with zero attached hydrogens (tertiary/aromatic N) is 2. The highest BCUT2D eigenvalue weighted by Gasteiger charge is 2.10. The molecule has 3 aromatic rings. The smallest absolute Gasteiger partial charge is 0.127 e. The van der Waals surface area contributed by atoms with Gasteiger partial charge in [0, 0.05) is 44.0 Å². The van der Waals surface area contributed by atoms with Crippen molar-refractivity contribution in [3.63, 3.8) is 0 Å². The van der Waals surface area contributed by atoms with Crippen LogP contribution in [0.3, 0.4) is 0 Å². The highest BCUT2D eigenvalue weighted by atomic mass is 16.5. The van der Waals surface area contributed by atoms with Gasteiger partial charge in [-0.15, -0.1) is 0 Å². The number of rotatable bonds is 7. The summed E-state index contributed by atoms with van der Waals surface area (Å²) in [7, 11) is 5.68. The van der Waals surface area contributed by atoms with Crippen molar-refractivity contribution in [1.82, 2.24) is 10.3 Å². The molecule has 140 valence electrons. The maximum absolute atomic E-state index is 5.57. The summed E-state index contributed by atoms with van der Waals surface area (Å²) in [5.74, 6) is 1.79. The van der Waals surface area contributed by atoms with E-state index in [1.807, 2.05) is 43.4 Å². The third-order valence-corrected chi connectivity index (χ3v) is 4.69. The number of ether oxygens (including phenoxy) is 1. The summed E-state index contributed by atoms with van der Waals surface area (Å²) in [5, 5.41) is 3.59. The minimum atomic E-state index is 0.290. The van der Waals surface area contributed by atoms with Crippen molar-refractivity contribution in [3.8, 4) is 16.9 Å². The Morgan fingerprint density at radius 3 is 2.44 bits per heavy atom. The fraction of sp³-hybridized carbons (Fsp3) is 0.261. The van der Waals surface area contributed by atoms with E-state index < -0.39 is 0 Å². The van der Waals surface area contributed by atoms with Crippen LogP contribution in [0.4, 0.5) is 5.82 Å². The highest BCUT2D eigenvalue weighted by Crippen LogP contribution is 2.31. The van der Waals surface area contributed by atoms with Crippen LogP contribution in [0.15, 0.2) is 66.9 Å². The second-order valence-electron chi connectivity index (χ2n) is 6.85. The van der Waals surface area contributed by atoms with Crippen LogP contribution in [0.5, 0.6) is 5.75 Å². The number of pyridine rings is 1. The summed E-state index contributed by atoms with van der Waals surface area (Å²) in [4.78, 5) is 6.52. The molecule has 1 heterocycles. The summed E-state index contributed by atoms with van der Waals surface area (Å²) in [5.41, 5.74) is 4.61. The van der Waals surface area contributed by atoms with Gasteiger partial charge in [-0.05, 0) is 42.3 Å². The predicted octanol–water partition coefficient (Wildman–Crippen LogP) is 4.67. The molecule has 0 aliphatic rings. The number of benzene rings is 2. The monoisotopic (exact) mass is 361 g/mol. The molecule has 27 heavy (non-hydrogen) atoms. The summed E-state index contributed by atoms with van der Waals surface area (Å²) in [6.45, 7) is 2.97. The second-order valence-corrected chi connectivity index (χ2v) is 6.85. The van der Waals surface area contributed by atoms with Gasteiger partial charge in [0.2, 0.25) is 0 Å². The molecule has 0 amide bonds. The van der Waals surface area contributed by atoms with Crippen LogP contribution in [-0.2, 0) is 6.54 Å². The summed E-state index contributed by atoms with van der Waals surface area (Å²) < 4.78 is 5.57. The molecule has 4 heteroatoms. The fourth-order valence-electron chi connectivity index (χ4n) is 3.03. The van der Waals surface area contributed by atoms with Gasteiger partial charge in [-0.2, -0.15) is 0 Å². The number of methoxy groups -OCH3 is 1. The van der Waals surface area contributed by atoms with Gasteiger partial charge >= 0.3 is 0 Å². The first-order valence-electron chi connectivity index (χ1n) is 9.17. The lowest BCUT2D eigenvalue weighted by Crippen LogP contribution is -2.18. The van der Waals surface area contributed by atoms with Crippen LogP contribution in [-0.4, -0.2) is 26.2 Å². The lowest BCUT2D eigenvalue weighted by Gasteiger charge is -2.16. The molecule has 1 atom stereocenters. The van der Waals surface area contributed by atoms with E-state index in [0.717, 1.165) is 29.2 Å². The van der Waals surface area contributed by atoms with Gasteiger partial charge in [-0.25, -0.2) is 4.98 Å². The Kier molecular flexibility index (Phi) is 6.09. The topological polar surface area (TPSA) is 37.4 Å². The number of nitrogens with one attached hydrogen (secondary N) is 1. The third kappa shape index (κ3) is 4.66. The van der Waals surface area contributed by atoms with Crippen molar-refractivity contribution >= 4 is 5.82 Å². The molecule has 0 bridgehead atoms. The van der Waals surface area contributed by atoms with E-state index in [2.05, 4.69) is 59.7 Å². The Balaban J connectivity index is 1.79. The first-order chi connectivity index (χ1) is 13.1. The maximum Gasteiger partial charge on any atom is 0.127 e. The molecule has 1 N–H and O–H groups in total. The summed E-state index contributed by atoms with van der Waals surface area (Å²) in [6.07, 6.45) is 1.90. The van der Waals surface area contributed by atoms with Crippen molar-refractivity contribution in [2.75, 3.05) is 26.1 Å². The maximum atomic E-state index is 5.57. The molecule has 4 nitrogen and oxygen atoms in total. The van der Waals surface area contributed by atoms with Crippen molar-refractivity contribution in [2.24, 2.45) is 0 Å². The van der Waals surface area contributed by atoms with Crippen molar-refractivity contribution in [3.05, 3.63) is 78.0 Å². The second kappa shape index (κ2) is 8.69. The van der Waals surface area contributed by atoms with Gasteiger partial charge in [-0.1, -0.05) is 36.4 Å². The SMILES string of the molecule is COc1ccc(CN[C@H](C)c2ccccc2)cc1-c1ccc(N(C)C)nc1. The molecule has 0 aliphatic carbocycles. The molecule has 0 radical (unpaired) electrons. The van der Waals surface area contributed by atoms with Gasteiger partial charge in [0.25, 0.3) is 0 Å². The normalized spacial score (nSPS) is 11.9. The van der Waals surface area contributed by atoms with E-state index in [1.165, 1.54) is 11.1 Å². The van der Waals surface area contributed by atoms with E-state index >= 15 is 0 Å². The average Bonchev–Trinajstić information content (AvgIpc) is 2.72. The molecule has 0 fully saturated rings. The van der Waals surface area contributed by atoms with Gasteiger partial charge < -0.3 is 15.0 Å². The average molecular weight is 361 g/mol. The number of hydrogen-bond acceptors (Lipinski definition) is 4. The van der Waals surface area contributed by atoms with Gasteiger partial charge in [0.05, 0.1) is 7.11 Å². The van der Waals surface area contributed by atoms with Gasteiger partial charge in [0.1, 0.15) is 11.6 Å². The van der Waals surface area contributed by atoms with Gasteiger partial charge in [0.15, 0.2) is 0 Å². The lowest BCUT2D eigenvalue weighted by molar-refractivity contribution is 0.416. The quantitative estimate of drug-likeness (QED) is 0.663. The zero-order chi connectivity index (χ0) is 19.2. The summed E-state index contributed by atoms with van der Waals surface area (Å²) in [6, 6.07) is 21.2. The molecule has 0 spiro atoms. The molecule has 0 saturated carbocycles. The Bertz CT molecular complexity index is 861. The Morgan fingerprint density at radius 1 is 1.04 bits per heavy atom. The van der Waals surface area contributed by atoms with E-state index in [9.17, 15) is 0 Å². The Hall–Kier alpha value is -2.85. The number of hydrogen-bond donors (Lipinski definition) is 1. The number of anilines is 1. The number of aromatic nitrogens is 1. The minimum Gasteiger partial charge on any atom is -0.496 e. The zero-order valence-corrected chi connectivity index (χ0v) is 16.4. The van der Waals surface area contributed by atoms with Crippen molar-refractivity contribution in [2.45, 2.75) is 19.5 Å². The largest absolute Gasteiger partial charge is 0.496 e. The van der Waals surface area contributed by atoms with E-state index in [0.29, 0.717) is 0 Å². The molecule has 0 saturated heterocycles. The Morgan fingerprint density at radius 2 is 1.81 bits per heavy atom. The first-order valence-corrected chi connectivity index (χ1v) is 9.17. The fourth-order valence-corrected chi connectivity index (χ4v) is 3.03. The zero-order valence-electron chi connectivity index (χ0n) is 16.4.